The molecule has 0 saturated carbocycles. The smallest absolute Gasteiger partial charge is 0.0262 e. The summed E-state index contributed by atoms with van der Waals surface area (Å²) in [5.74, 6) is 0.788. The van der Waals surface area contributed by atoms with Crippen LogP contribution in [0, 0.1) is 5.92 Å². The molecular weight excluding hydrogens is 120 g/mol. The fourth-order valence-electron chi connectivity index (χ4n) is 1.14. The highest BCUT2D eigenvalue weighted by molar-refractivity contribution is 4.82. The molecule has 0 N–H and O–H groups in total. The van der Waals surface area contributed by atoms with E-state index in [0.717, 1.165) is 5.92 Å². The van der Waals surface area contributed by atoms with Crippen LogP contribution in [0.15, 0.2) is 12.2 Å². The van der Waals surface area contributed by atoms with Crippen LogP contribution in [0.3, 0.4) is 0 Å². The number of allylic oxidation sites excluding steroid dienone is 2. The Balaban J connectivity index is 3.13. The third-order valence-corrected chi connectivity index (χ3v) is 1.78. The highest BCUT2D eigenvalue weighted by Gasteiger charge is 1.94. The van der Waals surface area contributed by atoms with Crippen LogP contribution in [-0.2, 0) is 0 Å². The first-order valence-electron chi connectivity index (χ1n) is 4.44. The topological polar surface area (TPSA) is 0 Å². The Hall–Kier alpha value is -0.260. The molecule has 0 nitrogen and oxygen atoms in total. The van der Waals surface area contributed by atoms with Crippen molar-refractivity contribution < 1.29 is 0 Å². The zero-order valence-corrected chi connectivity index (χ0v) is 7.56. The molecule has 0 heterocycles. The number of rotatable bonds is 5. The van der Waals surface area contributed by atoms with Gasteiger partial charge < -0.3 is 0 Å². The molecule has 0 amide bonds. The maximum atomic E-state index is 2.29. The van der Waals surface area contributed by atoms with Crippen LogP contribution in [0.2, 0.25) is 0 Å². The van der Waals surface area contributed by atoms with E-state index in [2.05, 4.69) is 32.9 Å². The Morgan fingerprint density at radius 1 is 1.30 bits per heavy atom. The highest BCUT2D eigenvalue weighted by atomic mass is 14.0. The first-order chi connectivity index (χ1) is 4.81. The summed E-state index contributed by atoms with van der Waals surface area (Å²) in [6, 6.07) is 0. The van der Waals surface area contributed by atoms with Crippen LogP contribution in [0.5, 0.6) is 0 Å². The van der Waals surface area contributed by atoms with Gasteiger partial charge in [-0.1, -0.05) is 45.3 Å². The number of hydrogen-bond donors (Lipinski definition) is 0. The molecule has 0 aromatic carbocycles. The summed E-state index contributed by atoms with van der Waals surface area (Å²) in [5, 5.41) is 0. The van der Waals surface area contributed by atoms with Crippen molar-refractivity contribution in [1.29, 1.82) is 0 Å². The van der Waals surface area contributed by atoms with Crippen LogP contribution >= 0.6 is 0 Å². The van der Waals surface area contributed by atoms with Gasteiger partial charge in [-0.15, -0.1) is 0 Å². The molecular formula is C10H20. The lowest BCUT2D eigenvalue weighted by Gasteiger charge is -2.03. The van der Waals surface area contributed by atoms with E-state index in [-0.39, 0.29) is 0 Å². The Morgan fingerprint density at radius 2 is 2.00 bits per heavy atom. The van der Waals surface area contributed by atoms with E-state index >= 15 is 0 Å². The van der Waals surface area contributed by atoms with Crippen molar-refractivity contribution in [1.82, 2.24) is 0 Å². The largest absolute Gasteiger partial charge is 0.0914 e. The molecule has 0 radical (unpaired) electrons. The molecule has 0 rings (SSSR count). The van der Waals surface area contributed by atoms with Gasteiger partial charge >= 0.3 is 0 Å². The van der Waals surface area contributed by atoms with Crippen molar-refractivity contribution in [2.45, 2.75) is 46.5 Å². The monoisotopic (exact) mass is 140 g/mol. The SMILES string of the molecule is C/C=C\C(C)CCCCC. The molecule has 1 atom stereocenters. The maximum Gasteiger partial charge on any atom is -0.0262 e. The molecule has 0 aliphatic rings. The van der Waals surface area contributed by atoms with Crippen LogP contribution < -0.4 is 0 Å². The summed E-state index contributed by atoms with van der Waals surface area (Å²) in [6.45, 7) is 6.63. The van der Waals surface area contributed by atoms with E-state index in [9.17, 15) is 0 Å². The summed E-state index contributed by atoms with van der Waals surface area (Å²) in [7, 11) is 0. The van der Waals surface area contributed by atoms with Crippen LogP contribution in [0.4, 0.5) is 0 Å². The average molecular weight is 140 g/mol. The lowest BCUT2D eigenvalue weighted by atomic mass is 10.0. The van der Waals surface area contributed by atoms with Crippen molar-refractivity contribution in [2.75, 3.05) is 0 Å². The summed E-state index contributed by atoms with van der Waals surface area (Å²) < 4.78 is 0. The van der Waals surface area contributed by atoms with E-state index in [1.54, 1.807) is 0 Å². The summed E-state index contributed by atoms with van der Waals surface area (Å²) in [6.07, 6.45) is 9.91. The van der Waals surface area contributed by atoms with Gasteiger partial charge in [-0.05, 0) is 19.3 Å². The van der Waals surface area contributed by atoms with Gasteiger partial charge in [-0.3, -0.25) is 0 Å². The molecule has 0 bridgehead atoms. The minimum atomic E-state index is 0.788. The predicted octanol–water partition coefficient (Wildman–Crippen LogP) is 3.78. The van der Waals surface area contributed by atoms with Crippen molar-refractivity contribution in [3.63, 3.8) is 0 Å². The normalized spacial score (nSPS) is 14.3. The second-order valence-electron chi connectivity index (χ2n) is 3.00. The van der Waals surface area contributed by atoms with Gasteiger partial charge in [-0.25, -0.2) is 0 Å². The minimum absolute atomic E-state index is 0.788. The fourth-order valence-corrected chi connectivity index (χ4v) is 1.14. The molecule has 0 saturated heterocycles. The molecule has 0 aliphatic carbocycles. The predicted molar refractivity (Wildman–Crippen MR) is 48.1 cm³/mol. The molecule has 0 spiro atoms. The van der Waals surface area contributed by atoms with E-state index in [0.29, 0.717) is 0 Å². The molecule has 0 aromatic heterocycles. The third-order valence-electron chi connectivity index (χ3n) is 1.78. The molecule has 0 heteroatoms. The zero-order valence-electron chi connectivity index (χ0n) is 7.56. The molecule has 10 heavy (non-hydrogen) atoms. The van der Waals surface area contributed by atoms with Gasteiger partial charge in [-0.2, -0.15) is 0 Å². The maximum absolute atomic E-state index is 2.29. The molecule has 0 aliphatic heterocycles. The van der Waals surface area contributed by atoms with Crippen LogP contribution in [0.1, 0.15) is 46.5 Å². The van der Waals surface area contributed by atoms with Gasteiger partial charge in [0.15, 0.2) is 0 Å². The van der Waals surface area contributed by atoms with Crippen molar-refractivity contribution in [3.8, 4) is 0 Å². The molecule has 0 fully saturated rings. The van der Waals surface area contributed by atoms with Crippen LogP contribution in [0.25, 0.3) is 0 Å². The van der Waals surface area contributed by atoms with E-state index in [1.165, 1.54) is 25.7 Å². The van der Waals surface area contributed by atoms with Crippen molar-refractivity contribution in [3.05, 3.63) is 12.2 Å². The molecule has 1 unspecified atom stereocenters. The third kappa shape index (κ3) is 5.87. The van der Waals surface area contributed by atoms with Crippen molar-refractivity contribution >= 4 is 0 Å². The highest BCUT2D eigenvalue weighted by Crippen LogP contribution is 2.09. The standard InChI is InChI=1S/C10H20/c1-4-6-7-9-10(3)8-5-2/h5,8,10H,4,6-7,9H2,1-3H3/b8-5-. The first kappa shape index (κ1) is 9.74. The number of hydrogen-bond acceptors (Lipinski definition) is 0. The Labute approximate surface area is 65.3 Å². The summed E-state index contributed by atoms with van der Waals surface area (Å²) in [5.41, 5.74) is 0. The minimum Gasteiger partial charge on any atom is -0.0914 e. The Kier molecular flexibility index (Phi) is 6.68. The quantitative estimate of drug-likeness (QED) is 0.402. The lowest BCUT2D eigenvalue weighted by molar-refractivity contribution is 0.575. The summed E-state index contributed by atoms with van der Waals surface area (Å²) >= 11 is 0. The van der Waals surface area contributed by atoms with Crippen LogP contribution in [-0.4, -0.2) is 0 Å². The summed E-state index contributed by atoms with van der Waals surface area (Å²) in [4.78, 5) is 0. The number of unbranched alkanes of at least 4 members (excludes halogenated alkanes) is 2. The van der Waals surface area contributed by atoms with Gasteiger partial charge in [0.1, 0.15) is 0 Å². The zero-order chi connectivity index (χ0) is 7.82. The Bertz CT molecular complexity index is 82.0. The average Bonchev–Trinajstić information content (AvgIpc) is 1.89. The van der Waals surface area contributed by atoms with E-state index in [4.69, 9.17) is 0 Å². The Morgan fingerprint density at radius 3 is 2.50 bits per heavy atom. The van der Waals surface area contributed by atoms with E-state index in [1.807, 2.05) is 0 Å². The van der Waals surface area contributed by atoms with Gasteiger partial charge in [0.05, 0.1) is 0 Å². The second-order valence-corrected chi connectivity index (χ2v) is 3.00. The second kappa shape index (κ2) is 6.85. The van der Waals surface area contributed by atoms with Gasteiger partial charge in [0.2, 0.25) is 0 Å². The fraction of sp³-hybridized carbons (Fsp3) is 0.800. The van der Waals surface area contributed by atoms with Crippen molar-refractivity contribution in [2.24, 2.45) is 5.92 Å². The molecule has 0 aromatic rings. The van der Waals surface area contributed by atoms with E-state index < -0.39 is 0 Å². The first-order valence-corrected chi connectivity index (χ1v) is 4.44. The van der Waals surface area contributed by atoms with Gasteiger partial charge in [0.25, 0.3) is 0 Å². The van der Waals surface area contributed by atoms with Gasteiger partial charge in [0, 0.05) is 0 Å². The lowest BCUT2D eigenvalue weighted by Crippen LogP contribution is -1.88. The molecule has 60 valence electrons.